The van der Waals surface area contributed by atoms with Crippen LogP contribution < -0.4 is 0 Å². The van der Waals surface area contributed by atoms with E-state index < -0.39 is 0 Å². The highest BCUT2D eigenvalue weighted by Gasteiger charge is 1.78. The van der Waals surface area contributed by atoms with Gasteiger partial charge in [-0.05, 0) is 19.9 Å². The Balaban J connectivity index is 3.94. The van der Waals surface area contributed by atoms with E-state index >= 15 is 0 Å². The lowest BCUT2D eigenvalue weighted by Gasteiger charge is -1.76. The molecule has 0 N–H and O–H groups in total. The summed E-state index contributed by atoms with van der Waals surface area (Å²) in [5.74, 6) is 4.75. The third-order valence-electron chi connectivity index (χ3n) is 0.680. The van der Waals surface area contributed by atoms with Crippen molar-refractivity contribution in [1.29, 1.82) is 0 Å². The summed E-state index contributed by atoms with van der Waals surface area (Å²) < 4.78 is 12.3. The Morgan fingerprint density at radius 2 is 2.22 bits per heavy atom. The third-order valence-corrected chi connectivity index (χ3v) is 0.680. The van der Waals surface area contributed by atoms with Gasteiger partial charge in [0.15, 0.2) is 0 Å². The summed E-state index contributed by atoms with van der Waals surface area (Å²) in [6, 6.07) is 0. The highest BCUT2D eigenvalue weighted by molar-refractivity contribution is 5.23. The molecule has 0 aliphatic rings. The van der Waals surface area contributed by atoms with Gasteiger partial charge in [0.2, 0.25) is 0 Å². The van der Waals surface area contributed by atoms with Crippen molar-refractivity contribution in [1.82, 2.24) is 0 Å². The van der Waals surface area contributed by atoms with E-state index in [-0.39, 0.29) is 5.83 Å². The zero-order valence-electron chi connectivity index (χ0n) is 5.61. The molecule has 0 atom stereocenters. The molecule has 0 radical (unpaired) electrons. The van der Waals surface area contributed by atoms with Crippen LogP contribution >= 0.6 is 0 Å². The molecule has 0 spiro atoms. The molecule has 0 aromatic rings. The zero-order valence-corrected chi connectivity index (χ0v) is 5.61. The van der Waals surface area contributed by atoms with Gasteiger partial charge in [-0.3, -0.25) is 0 Å². The van der Waals surface area contributed by atoms with Crippen LogP contribution in [0.2, 0.25) is 0 Å². The topological polar surface area (TPSA) is 0 Å². The molecule has 48 valence electrons. The Morgan fingerprint density at radius 1 is 1.56 bits per heavy atom. The standard InChI is InChI=1S/C8H9F/c1-3-5-7-8(9)6-4-2/h4,6-7H,1-2H3/b6-4-,8-7+. The summed E-state index contributed by atoms with van der Waals surface area (Å²) in [5.41, 5.74) is 0. The van der Waals surface area contributed by atoms with E-state index in [1.165, 1.54) is 12.2 Å². The van der Waals surface area contributed by atoms with Gasteiger partial charge >= 0.3 is 0 Å². The van der Waals surface area contributed by atoms with Crippen LogP contribution in [0.3, 0.4) is 0 Å². The van der Waals surface area contributed by atoms with E-state index in [1.807, 2.05) is 0 Å². The molecule has 0 aromatic heterocycles. The molecule has 0 saturated carbocycles. The van der Waals surface area contributed by atoms with E-state index in [4.69, 9.17) is 0 Å². The molecular formula is C8H9F. The maximum absolute atomic E-state index is 12.3. The fraction of sp³-hybridized carbons (Fsp3) is 0.250. The fourth-order valence-electron chi connectivity index (χ4n) is 0.348. The molecule has 0 heterocycles. The second kappa shape index (κ2) is 5.11. The van der Waals surface area contributed by atoms with Crippen molar-refractivity contribution in [3.8, 4) is 11.8 Å². The van der Waals surface area contributed by atoms with Crippen LogP contribution in [0, 0.1) is 11.8 Å². The Labute approximate surface area is 55.1 Å². The van der Waals surface area contributed by atoms with Crippen molar-refractivity contribution in [3.05, 3.63) is 24.1 Å². The molecule has 0 nitrogen and oxygen atoms in total. The molecule has 0 aliphatic carbocycles. The first-order chi connectivity index (χ1) is 4.31. The van der Waals surface area contributed by atoms with Crippen LogP contribution in [0.4, 0.5) is 4.39 Å². The van der Waals surface area contributed by atoms with E-state index in [0.717, 1.165) is 0 Å². The highest BCUT2D eigenvalue weighted by Crippen LogP contribution is 1.95. The molecule has 0 fully saturated rings. The van der Waals surface area contributed by atoms with Crippen molar-refractivity contribution < 1.29 is 4.39 Å². The second-order valence-electron chi connectivity index (χ2n) is 1.42. The molecule has 0 saturated heterocycles. The van der Waals surface area contributed by atoms with Crippen LogP contribution in [0.15, 0.2) is 24.1 Å². The van der Waals surface area contributed by atoms with Crippen molar-refractivity contribution in [3.63, 3.8) is 0 Å². The molecule has 0 rings (SSSR count). The fourth-order valence-corrected chi connectivity index (χ4v) is 0.348. The molecule has 0 aromatic carbocycles. The molecular weight excluding hydrogens is 115 g/mol. The van der Waals surface area contributed by atoms with Gasteiger partial charge in [0.1, 0.15) is 5.83 Å². The van der Waals surface area contributed by atoms with Crippen LogP contribution in [0.25, 0.3) is 0 Å². The largest absolute Gasteiger partial charge is 0.206 e. The minimum Gasteiger partial charge on any atom is -0.206 e. The molecule has 0 aliphatic heterocycles. The Morgan fingerprint density at radius 3 is 2.67 bits per heavy atom. The Hall–Kier alpha value is -1.03. The highest BCUT2D eigenvalue weighted by atomic mass is 19.1. The molecule has 1 heteroatoms. The predicted octanol–water partition coefficient (Wildman–Crippen LogP) is 2.44. The molecule has 0 bridgehead atoms. The van der Waals surface area contributed by atoms with Gasteiger partial charge in [-0.1, -0.05) is 12.0 Å². The van der Waals surface area contributed by atoms with E-state index in [1.54, 1.807) is 19.9 Å². The van der Waals surface area contributed by atoms with Gasteiger partial charge in [-0.25, -0.2) is 4.39 Å². The zero-order chi connectivity index (χ0) is 7.11. The average molecular weight is 124 g/mol. The molecule has 0 amide bonds. The van der Waals surface area contributed by atoms with Crippen molar-refractivity contribution in [2.24, 2.45) is 0 Å². The van der Waals surface area contributed by atoms with Crippen LogP contribution in [0.1, 0.15) is 13.8 Å². The molecule has 0 unspecified atom stereocenters. The summed E-state index contributed by atoms with van der Waals surface area (Å²) >= 11 is 0. The van der Waals surface area contributed by atoms with Crippen molar-refractivity contribution >= 4 is 0 Å². The number of rotatable bonds is 1. The van der Waals surface area contributed by atoms with Crippen LogP contribution in [-0.4, -0.2) is 0 Å². The van der Waals surface area contributed by atoms with Crippen LogP contribution in [-0.2, 0) is 0 Å². The number of allylic oxidation sites excluding steroid dienone is 4. The van der Waals surface area contributed by atoms with Gasteiger partial charge in [0.25, 0.3) is 0 Å². The first-order valence-electron chi connectivity index (χ1n) is 2.72. The average Bonchev–Trinajstić information content (AvgIpc) is 1.85. The van der Waals surface area contributed by atoms with Gasteiger partial charge in [0.05, 0.1) is 0 Å². The lowest BCUT2D eigenvalue weighted by atomic mass is 10.4. The predicted molar refractivity (Wildman–Crippen MR) is 37.5 cm³/mol. The minimum absolute atomic E-state index is 0.299. The third kappa shape index (κ3) is 4.83. The number of hydrogen-bond acceptors (Lipinski definition) is 0. The van der Waals surface area contributed by atoms with E-state index in [0.29, 0.717) is 0 Å². The van der Waals surface area contributed by atoms with E-state index in [9.17, 15) is 4.39 Å². The quantitative estimate of drug-likeness (QED) is 0.372. The number of hydrogen-bond donors (Lipinski definition) is 0. The maximum atomic E-state index is 12.3. The number of halogens is 1. The van der Waals surface area contributed by atoms with Gasteiger partial charge in [0, 0.05) is 6.08 Å². The van der Waals surface area contributed by atoms with Crippen molar-refractivity contribution in [2.45, 2.75) is 13.8 Å². The minimum atomic E-state index is -0.299. The van der Waals surface area contributed by atoms with Crippen molar-refractivity contribution in [2.75, 3.05) is 0 Å². The Kier molecular flexibility index (Phi) is 4.53. The van der Waals surface area contributed by atoms with Gasteiger partial charge in [-0.2, -0.15) is 0 Å². The summed E-state index contributed by atoms with van der Waals surface area (Å²) in [4.78, 5) is 0. The SMILES string of the molecule is CC#C/C=C(F)\C=C/C. The molecule has 9 heavy (non-hydrogen) atoms. The first kappa shape index (κ1) is 7.97. The maximum Gasteiger partial charge on any atom is 0.131 e. The Bertz CT molecular complexity index is 176. The van der Waals surface area contributed by atoms with Gasteiger partial charge in [-0.15, -0.1) is 5.92 Å². The first-order valence-corrected chi connectivity index (χ1v) is 2.72. The lowest BCUT2D eigenvalue weighted by Crippen LogP contribution is -1.60. The summed E-state index contributed by atoms with van der Waals surface area (Å²) in [6.45, 7) is 3.42. The summed E-state index contributed by atoms with van der Waals surface area (Å²) in [5, 5.41) is 0. The summed E-state index contributed by atoms with van der Waals surface area (Å²) in [6.07, 6.45) is 4.23. The smallest absolute Gasteiger partial charge is 0.131 e. The van der Waals surface area contributed by atoms with E-state index in [2.05, 4.69) is 11.8 Å². The second-order valence-corrected chi connectivity index (χ2v) is 1.42. The normalized spacial score (nSPS) is 11.2. The van der Waals surface area contributed by atoms with Gasteiger partial charge < -0.3 is 0 Å². The lowest BCUT2D eigenvalue weighted by molar-refractivity contribution is 0.667. The monoisotopic (exact) mass is 124 g/mol. The summed E-state index contributed by atoms with van der Waals surface area (Å²) in [7, 11) is 0. The van der Waals surface area contributed by atoms with Crippen LogP contribution in [0.5, 0.6) is 0 Å².